The number of rotatable bonds is 4. The molecule has 152 valence electrons. The second-order valence-corrected chi connectivity index (χ2v) is 7.21. The predicted molar refractivity (Wildman–Crippen MR) is 113 cm³/mol. The Labute approximate surface area is 176 Å². The summed E-state index contributed by atoms with van der Waals surface area (Å²) in [6, 6.07) is 20.1. The van der Waals surface area contributed by atoms with E-state index in [1.807, 2.05) is 47.3 Å². The van der Waals surface area contributed by atoms with E-state index in [1.165, 1.54) is 18.2 Å². The van der Waals surface area contributed by atoms with Crippen LogP contribution in [0.5, 0.6) is 0 Å². The molecule has 0 radical (unpaired) electrons. The van der Waals surface area contributed by atoms with E-state index in [0.29, 0.717) is 23.5 Å². The van der Waals surface area contributed by atoms with E-state index in [0.717, 1.165) is 17.2 Å². The number of aromatic nitrogens is 3. The van der Waals surface area contributed by atoms with Crippen LogP contribution in [0.2, 0.25) is 0 Å². The Hall–Kier alpha value is -3.93. The molecule has 6 heteroatoms. The molecular weight excluding hydrogens is 399 g/mol. The van der Waals surface area contributed by atoms with Crippen molar-refractivity contribution in [2.75, 3.05) is 0 Å². The summed E-state index contributed by atoms with van der Waals surface area (Å²) in [5, 5.41) is 0. The maximum atomic E-state index is 14.1. The Kier molecular flexibility index (Phi) is 4.75. The van der Waals surface area contributed by atoms with Crippen molar-refractivity contribution < 1.29 is 13.2 Å². The fraction of sp³-hybridized carbons (Fsp3) is 0.0400. The first-order chi connectivity index (χ1) is 15.1. The van der Waals surface area contributed by atoms with Gasteiger partial charge in [-0.2, -0.15) is 0 Å². The van der Waals surface area contributed by atoms with E-state index in [-0.39, 0.29) is 17.2 Å². The topological polar surface area (TPSA) is 30.7 Å². The van der Waals surface area contributed by atoms with Gasteiger partial charge in [-0.3, -0.25) is 0 Å². The Morgan fingerprint density at radius 2 is 1.39 bits per heavy atom. The van der Waals surface area contributed by atoms with Gasteiger partial charge in [0.15, 0.2) is 17.5 Å². The third kappa shape index (κ3) is 3.68. The summed E-state index contributed by atoms with van der Waals surface area (Å²) >= 11 is 0. The fourth-order valence-electron chi connectivity index (χ4n) is 3.54. The summed E-state index contributed by atoms with van der Waals surface area (Å²) in [6.45, 7) is 0.573. The van der Waals surface area contributed by atoms with Crippen LogP contribution in [0.25, 0.3) is 33.9 Å². The highest BCUT2D eigenvalue weighted by atomic mass is 19.2. The lowest BCUT2D eigenvalue weighted by Gasteiger charge is -2.09. The summed E-state index contributed by atoms with van der Waals surface area (Å²) in [6.07, 6.45) is 3.67. The third-order valence-electron chi connectivity index (χ3n) is 5.12. The molecule has 0 saturated carbocycles. The third-order valence-corrected chi connectivity index (χ3v) is 5.12. The number of hydrogen-bond donors (Lipinski definition) is 0. The van der Waals surface area contributed by atoms with E-state index in [4.69, 9.17) is 0 Å². The molecular formula is C25H16F3N3. The summed E-state index contributed by atoms with van der Waals surface area (Å²) in [5.41, 5.74) is 3.62. The van der Waals surface area contributed by atoms with E-state index < -0.39 is 11.6 Å². The number of nitrogens with zero attached hydrogens (tertiary/aromatic N) is 3. The van der Waals surface area contributed by atoms with E-state index in [2.05, 4.69) is 9.97 Å². The van der Waals surface area contributed by atoms with Crippen molar-refractivity contribution in [1.82, 2.24) is 14.5 Å². The van der Waals surface area contributed by atoms with Crippen molar-refractivity contribution in [3.8, 4) is 33.9 Å². The van der Waals surface area contributed by atoms with Crippen molar-refractivity contribution >= 4 is 0 Å². The van der Waals surface area contributed by atoms with Crippen molar-refractivity contribution in [3.63, 3.8) is 0 Å². The van der Waals surface area contributed by atoms with Crippen molar-refractivity contribution in [1.29, 1.82) is 0 Å². The number of hydrogen-bond acceptors (Lipinski definition) is 2. The van der Waals surface area contributed by atoms with Gasteiger partial charge in [0.2, 0.25) is 0 Å². The minimum atomic E-state index is -0.958. The van der Waals surface area contributed by atoms with E-state index in [1.54, 1.807) is 18.2 Å². The molecule has 0 bridgehead atoms. The van der Waals surface area contributed by atoms with Crippen LogP contribution in [-0.4, -0.2) is 14.5 Å². The molecule has 0 aliphatic carbocycles. The lowest BCUT2D eigenvalue weighted by atomic mass is 10.0. The summed E-state index contributed by atoms with van der Waals surface area (Å²) < 4.78 is 43.5. The molecule has 0 unspecified atom stereocenters. The second-order valence-electron chi connectivity index (χ2n) is 7.21. The van der Waals surface area contributed by atoms with Crippen LogP contribution in [0.3, 0.4) is 0 Å². The lowest BCUT2D eigenvalue weighted by Crippen LogP contribution is -2.01. The van der Waals surface area contributed by atoms with Crippen LogP contribution >= 0.6 is 0 Å². The zero-order valence-corrected chi connectivity index (χ0v) is 16.3. The molecule has 2 aliphatic rings. The van der Waals surface area contributed by atoms with Crippen LogP contribution in [-0.2, 0) is 6.54 Å². The Balaban J connectivity index is 1.41. The first kappa shape index (κ1) is 19.1. The van der Waals surface area contributed by atoms with Gasteiger partial charge < -0.3 is 4.57 Å². The molecule has 0 spiro atoms. The molecule has 0 N–H and O–H groups in total. The smallest absolute Gasteiger partial charge is 0.169 e. The van der Waals surface area contributed by atoms with Gasteiger partial charge in [-0.1, -0.05) is 48.5 Å². The highest BCUT2D eigenvalue weighted by Crippen LogP contribution is 2.28. The fourth-order valence-corrected chi connectivity index (χ4v) is 3.54. The number of imidazole rings is 1. The summed E-state index contributed by atoms with van der Waals surface area (Å²) in [7, 11) is 0. The average Bonchev–Trinajstić information content (AvgIpc) is 3.20. The number of pyridine rings is 1. The van der Waals surface area contributed by atoms with Gasteiger partial charge in [-0.25, -0.2) is 23.1 Å². The van der Waals surface area contributed by atoms with Crippen molar-refractivity contribution in [3.05, 3.63) is 108 Å². The first-order valence-corrected chi connectivity index (χ1v) is 9.70. The highest BCUT2D eigenvalue weighted by molar-refractivity contribution is 5.66. The average molecular weight is 415 g/mol. The van der Waals surface area contributed by atoms with E-state index in [9.17, 15) is 13.2 Å². The minimum absolute atomic E-state index is 0.0338. The van der Waals surface area contributed by atoms with Crippen LogP contribution in [0.1, 0.15) is 5.56 Å². The molecule has 3 aromatic carbocycles. The largest absolute Gasteiger partial charge is 0.348 e. The molecule has 0 saturated heterocycles. The summed E-state index contributed by atoms with van der Waals surface area (Å²) in [5.74, 6) is -1.99. The standard InChI is InChI=1S/C25H16F3N3/c26-20-6-2-1-4-18(20)17-10-8-16(9-11-17)14-31-13-12-22-23(15-31)30-25(29-22)19-5-3-7-21(27)24(19)28/h1-13,15H,14H2. The van der Waals surface area contributed by atoms with Gasteiger partial charge in [0.1, 0.15) is 11.5 Å². The Morgan fingerprint density at radius 1 is 0.677 bits per heavy atom. The quantitative estimate of drug-likeness (QED) is 0.351. The lowest BCUT2D eigenvalue weighted by molar-refractivity contribution is 0.510. The van der Waals surface area contributed by atoms with Crippen molar-refractivity contribution in [2.45, 2.75) is 6.54 Å². The maximum Gasteiger partial charge on any atom is 0.169 e. The molecule has 3 aromatic rings. The first-order valence-electron chi connectivity index (χ1n) is 9.70. The van der Waals surface area contributed by atoms with Crippen LogP contribution < -0.4 is 0 Å². The van der Waals surface area contributed by atoms with Crippen molar-refractivity contribution in [2.24, 2.45) is 0 Å². The molecule has 0 atom stereocenters. The molecule has 2 aliphatic heterocycles. The minimum Gasteiger partial charge on any atom is -0.348 e. The Morgan fingerprint density at radius 3 is 2.19 bits per heavy atom. The zero-order chi connectivity index (χ0) is 21.4. The predicted octanol–water partition coefficient (Wildman–Crippen LogP) is 6.18. The zero-order valence-electron chi connectivity index (χ0n) is 16.3. The Bertz CT molecular complexity index is 1340. The molecule has 3 nitrogen and oxygen atoms in total. The van der Waals surface area contributed by atoms with Crippen LogP contribution in [0.15, 0.2) is 85.2 Å². The molecule has 2 heterocycles. The molecule has 0 aromatic heterocycles. The molecule has 0 amide bonds. The van der Waals surface area contributed by atoms with Gasteiger partial charge in [-0.15, -0.1) is 0 Å². The monoisotopic (exact) mass is 415 g/mol. The molecule has 31 heavy (non-hydrogen) atoms. The van der Waals surface area contributed by atoms with Gasteiger partial charge in [0.05, 0.1) is 11.3 Å². The van der Waals surface area contributed by atoms with Gasteiger partial charge in [-0.05, 0) is 35.4 Å². The number of halogens is 3. The number of fused-ring (bicyclic) bond motifs is 1. The van der Waals surface area contributed by atoms with Gasteiger partial charge >= 0.3 is 0 Å². The van der Waals surface area contributed by atoms with Crippen LogP contribution in [0, 0.1) is 17.5 Å². The van der Waals surface area contributed by atoms with E-state index >= 15 is 0 Å². The normalized spacial score (nSPS) is 11.2. The maximum absolute atomic E-state index is 14.1. The van der Waals surface area contributed by atoms with Gasteiger partial charge in [0, 0.05) is 24.5 Å². The van der Waals surface area contributed by atoms with Crippen LogP contribution in [0.4, 0.5) is 13.2 Å². The van der Waals surface area contributed by atoms with Gasteiger partial charge in [0.25, 0.3) is 0 Å². The SMILES string of the molecule is Fc1ccccc1-c1ccc(Cn2ccc3nc(-c4cccc(F)c4F)nc-3c2)cc1. The number of benzene rings is 3. The second kappa shape index (κ2) is 7.72. The molecule has 0 fully saturated rings. The highest BCUT2D eigenvalue weighted by Gasteiger charge is 2.17. The molecule has 5 rings (SSSR count). The summed E-state index contributed by atoms with van der Waals surface area (Å²) in [4.78, 5) is 8.69.